The molecule has 1 aliphatic heterocycles. The minimum absolute atomic E-state index is 0.129. The van der Waals surface area contributed by atoms with Crippen molar-refractivity contribution in [1.82, 2.24) is 0 Å². The van der Waals surface area contributed by atoms with Gasteiger partial charge in [0.1, 0.15) is 0 Å². The van der Waals surface area contributed by atoms with Crippen molar-refractivity contribution in [1.29, 1.82) is 0 Å². The number of hydrogen-bond donors (Lipinski definition) is 0. The molecule has 0 unspecified atom stereocenters. The van der Waals surface area contributed by atoms with Crippen molar-refractivity contribution in [2.75, 3.05) is 6.61 Å². The summed E-state index contributed by atoms with van der Waals surface area (Å²) in [7, 11) is 0. The summed E-state index contributed by atoms with van der Waals surface area (Å²) in [5, 5.41) is 0. The Labute approximate surface area is 99.3 Å². The van der Waals surface area contributed by atoms with Gasteiger partial charge in [-0.25, -0.2) is 0 Å². The molecule has 0 bridgehead atoms. The average molecular weight is 224 g/mol. The zero-order valence-electron chi connectivity index (χ0n) is 11.0. The van der Waals surface area contributed by atoms with Crippen LogP contribution < -0.4 is 0 Å². The van der Waals surface area contributed by atoms with Crippen LogP contribution in [-0.4, -0.2) is 19.0 Å². The van der Waals surface area contributed by atoms with E-state index in [2.05, 4.69) is 39.8 Å². The third-order valence-corrected chi connectivity index (χ3v) is 2.68. The van der Waals surface area contributed by atoms with E-state index in [4.69, 9.17) is 9.47 Å². The summed E-state index contributed by atoms with van der Waals surface area (Å²) in [6.07, 6.45) is 7.75. The van der Waals surface area contributed by atoms with Crippen molar-refractivity contribution in [3.63, 3.8) is 0 Å². The standard InChI is InChI=1S/C14H24O2/c1-11(2)6-5-7-12(3)10-14-15-9-8-13(4)16-14/h6,10,13-14H,5,7-9H2,1-4H3/b12-10-/t13-,14+/m1/s1. The number of allylic oxidation sites excluding steroid dienone is 3. The Balaban J connectivity index is 2.34. The fourth-order valence-electron chi connectivity index (χ4n) is 1.68. The van der Waals surface area contributed by atoms with E-state index in [-0.39, 0.29) is 6.29 Å². The van der Waals surface area contributed by atoms with Gasteiger partial charge in [-0.15, -0.1) is 0 Å². The molecule has 2 atom stereocenters. The van der Waals surface area contributed by atoms with Gasteiger partial charge in [0.25, 0.3) is 0 Å². The first-order valence-corrected chi connectivity index (χ1v) is 6.15. The van der Waals surface area contributed by atoms with Crippen LogP contribution in [0.1, 0.15) is 47.0 Å². The van der Waals surface area contributed by atoms with Gasteiger partial charge in [-0.1, -0.05) is 17.2 Å². The fraction of sp³-hybridized carbons (Fsp3) is 0.714. The highest BCUT2D eigenvalue weighted by atomic mass is 16.7. The molecule has 0 aromatic carbocycles. The third kappa shape index (κ3) is 5.47. The zero-order chi connectivity index (χ0) is 12.0. The molecule has 0 aromatic rings. The first-order chi connectivity index (χ1) is 7.58. The molecule has 0 saturated carbocycles. The molecular weight excluding hydrogens is 200 g/mol. The fourth-order valence-corrected chi connectivity index (χ4v) is 1.68. The summed E-state index contributed by atoms with van der Waals surface area (Å²) in [5.74, 6) is 0. The van der Waals surface area contributed by atoms with Crippen LogP contribution in [0.15, 0.2) is 23.3 Å². The van der Waals surface area contributed by atoms with Gasteiger partial charge in [0.2, 0.25) is 0 Å². The topological polar surface area (TPSA) is 18.5 Å². The van der Waals surface area contributed by atoms with E-state index in [1.54, 1.807) is 0 Å². The molecule has 0 aliphatic carbocycles. The second-order valence-corrected chi connectivity index (χ2v) is 4.81. The lowest BCUT2D eigenvalue weighted by atomic mass is 10.1. The van der Waals surface area contributed by atoms with Gasteiger partial charge in [0.05, 0.1) is 12.7 Å². The highest BCUT2D eigenvalue weighted by Gasteiger charge is 2.17. The summed E-state index contributed by atoms with van der Waals surface area (Å²) in [4.78, 5) is 0. The summed E-state index contributed by atoms with van der Waals surface area (Å²) in [6, 6.07) is 0. The van der Waals surface area contributed by atoms with E-state index in [0.717, 1.165) is 25.9 Å². The van der Waals surface area contributed by atoms with E-state index in [0.29, 0.717) is 6.10 Å². The van der Waals surface area contributed by atoms with Crippen LogP contribution in [-0.2, 0) is 9.47 Å². The molecule has 1 saturated heterocycles. The van der Waals surface area contributed by atoms with E-state index in [9.17, 15) is 0 Å². The Hall–Kier alpha value is -0.600. The minimum Gasteiger partial charge on any atom is -0.349 e. The minimum atomic E-state index is -0.129. The molecular formula is C14H24O2. The van der Waals surface area contributed by atoms with Crippen molar-refractivity contribution in [2.45, 2.75) is 59.4 Å². The zero-order valence-corrected chi connectivity index (χ0v) is 11.0. The van der Waals surface area contributed by atoms with Crippen LogP contribution in [0, 0.1) is 0 Å². The van der Waals surface area contributed by atoms with Crippen molar-refractivity contribution < 1.29 is 9.47 Å². The van der Waals surface area contributed by atoms with Gasteiger partial charge >= 0.3 is 0 Å². The first kappa shape index (κ1) is 13.5. The van der Waals surface area contributed by atoms with Crippen molar-refractivity contribution in [3.8, 4) is 0 Å². The Kier molecular flexibility index (Phi) is 5.78. The molecule has 2 nitrogen and oxygen atoms in total. The van der Waals surface area contributed by atoms with Crippen LogP contribution in [0.3, 0.4) is 0 Å². The van der Waals surface area contributed by atoms with Gasteiger partial charge in [0.15, 0.2) is 6.29 Å². The van der Waals surface area contributed by atoms with Crippen molar-refractivity contribution in [3.05, 3.63) is 23.3 Å². The maximum absolute atomic E-state index is 5.67. The van der Waals surface area contributed by atoms with Crippen LogP contribution in [0.5, 0.6) is 0 Å². The summed E-state index contributed by atoms with van der Waals surface area (Å²) in [6.45, 7) is 9.32. The molecule has 1 heterocycles. The van der Waals surface area contributed by atoms with Gasteiger partial charge in [0, 0.05) is 0 Å². The third-order valence-electron chi connectivity index (χ3n) is 2.68. The maximum Gasteiger partial charge on any atom is 0.177 e. The van der Waals surface area contributed by atoms with Crippen LogP contribution in [0.4, 0.5) is 0 Å². The van der Waals surface area contributed by atoms with Crippen molar-refractivity contribution in [2.24, 2.45) is 0 Å². The van der Waals surface area contributed by atoms with E-state index in [1.807, 2.05) is 0 Å². The van der Waals surface area contributed by atoms with Gasteiger partial charge in [-0.3, -0.25) is 0 Å². The van der Waals surface area contributed by atoms with Gasteiger partial charge < -0.3 is 9.47 Å². The molecule has 0 aromatic heterocycles. The molecule has 0 amide bonds. The predicted octanol–water partition coefficient (Wildman–Crippen LogP) is 3.83. The second-order valence-electron chi connectivity index (χ2n) is 4.81. The van der Waals surface area contributed by atoms with Gasteiger partial charge in [-0.2, -0.15) is 0 Å². The van der Waals surface area contributed by atoms with Crippen molar-refractivity contribution >= 4 is 0 Å². The number of hydrogen-bond acceptors (Lipinski definition) is 2. The van der Waals surface area contributed by atoms with Crippen LogP contribution >= 0.6 is 0 Å². The van der Waals surface area contributed by atoms with E-state index < -0.39 is 0 Å². The lowest BCUT2D eigenvalue weighted by molar-refractivity contribution is -0.181. The highest BCUT2D eigenvalue weighted by molar-refractivity contribution is 5.03. The number of rotatable bonds is 4. The Morgan fingerprint density at radius 1 is 1.31 bits per heavy atom. The summed E-state index contributed by atoms with van der Waals surface area (Å²) >= 11 is 0. The highest BCUT2D eigenvalue weighted by Crippen LogP contribution is 2.16. The lowest BCUT2D eigenvalue weighted by Gasteiger charge is -2.26. The largest absolute Gasteiger partial charge is 0.349 e. The average Bonchev–Trinajstić information content (AvgIpc) is 2.16. The molecule has 0 N–H and O–H groups in total. The first-order valence-electron chi connectivity index (χ1n) is 6.15. The molecule has 2 heteroatoms. The predicted molar refractivity (Wildman–Crippen MR) is 67.3 cm³/mol. The molecule has 1 rings (SSSR count). The summed E-state index contributed by atoms with van der Waals surface area (Å²) in [5.41, 5.74) is 2.73. The molecule has 1 aliphatic rings. The number of ether oxygens (including phenoxy) is 2. The van der Waals surface area contributed by atoms with E-state index in [1.165, 1.54) is 11.1 Å². The monoisotopic (exact) mass is 224 g/mol. The molecule has 0 spiro atoms. The normalized spacial score (nSPS) is 26.6. The Morgan fingerprint density at radius 3 is 2.69 bits per heavy atom. The Bertz CT molecular complexity index is 262. The molecule has 16 heavy (non-hydrogen) atoms. The second kappa shape index (κ2) is 6.87. The quantitative estimate of drug-likeness (QED) is 0.676. The van der Waals surface area contributed by atoms with E-state index >= 15 is 0 Å². The molecule has 1 fully saturated rings. The summed E-state index contributed by atoms with van der Waals surface area (Å²) < 4.78 is 11.2. The Morgan fingerprint density at radius 2 is 2.06 bits per heavy atom. The van der Waals surface area contributed by atoms with Crippen LogP contribution in [0.25, 0.3) is 0 Å². The SMILES string of the molecule is CC(C)=CCC/C(C)=C\[C@H]1OCC[C@@H](C)O1. The lowest BCUT2D eigenvalue weighted by Crippen LogP contribution is -2.29. The maximum atomic E-state index is 5.67. The van der Waals surface area contributed by atoms with Crippen LogP contribution in [0.2, 0.25) is 0 Å². The van der Waals surface area contributed by atoms with Gasteiger partial charge in [-0.05, 0) is 53.0 Å². The molecule has 92 valence electrons. The smallest absolute Gasteiger partial charge is 0.177 e. The molecule has 0 radical (unpaired) electrons.